The number of rotatable bonds is 5. The van der Waals surface area contributed by atoms with Crippen LogP contribution in [-0.4, -0.2) is 25.1 Å². The average molecular weight is 398 g/mol. The molecule has 0 fully saturated rings. The second kappa shape index (κ2) is 8.55. The second-order valence-corrected chi connectivity index (χ2v) is 6.23. The van der Waals surface area contributed by atoms with E-state index in [1.54, 1.807) is 24.3 Å². The summed E-state index contributed by atoms with van der Waals surface area (Å²) in [6.07, 6.45) is 0.446. The molecule has 2 aromatic carbocycles. The lowest BCUT2D eigenvalue weighted by Crippen LogP contribution is -2.45. The zero-order valence-corrected chi connectivity index (χ0v) is 15.8. The molecule has 1 aliphatic rings. The molecule has 0 radical (unpaired) electrons. The number of carbonyl (C=O) groups is 3. The zero-order chi connectivity index (χ0) is 21.0. The Morgan fingerprint density at radius 3 is 2.28 bits per heavy atom. The van der Waals surface area contributed by atoms with Crippen LogP contribution < -0.4 is 15.4 Å². The summed E-state index contributed by atoms with van der Waals surface area (Å²) in [7, 11) is 1.27. The van der Waals surface area contributed by atoms with E-state index in [0.717, 1.165) is 0 Å². The first-order valence-electron chi connectivity index (χ1n) is 8.89. The predicted molar refractivity (Wildman–Crippen MR) is 102 cm³/mol. The van der Waals surface area contributed by atoms with Gasteiger partial charge in [0.15, 0.2) is 0 Å². The summed E-state index contributed by atoms with van der Waals surface area (Å²) in [5.74, 6) is -1.36. The van der Waals surface area contributed by atoms with Gasteiger partial charge in [-0.25, -0.2) is 18.8 Å². The highest BCUT2D eigenvalue weighted by molar-refractivity contribution is 5.95. The van der Waals surface area contributed by atoms with Crippen molar-refractivity contribution in [3.8, 4) is 5.75 Å². The topological polar surface area (TPSA) is 93.7 Å². The van der Waals surface area contributed by atoms with E-state index in [2.05, 4.69) is 10.6 Å². The van der Waals surface area contributed by atoms with Gasteiger partial charge in [-0.15, -0.1) is 0 Å². The highest BCUT2D eigenvalue weighted by Gasteiger charge is 2.32. The first-order valence-corrected chi connectivity index (χ1v) is 8.89. The summed E-state index contributed by atoms with van der Waals surface area (Å²) in [4.78, 5) is 36.4. The molecule has 2 N–H and O–H groups in total. The largest absolute Gasteiger partial charge is 0.466 e. The zero-order valence-electron chi connectivity index (χ0n) is 15.8. The lowest BCUT2D eigenvalue weighted by molar-refractivity contribution is -0.136. The number of carbonyl (C=O) groups excluding carboxylic acids is 3. The molecule has 1 unspecified atom stereocenters. The number of esters is 2. The number of hydrogen-bond donors (Lipinski definition) is 2. The van der Waals surface area contributed by atoms with Gasteiger partial charge in [0.05, 0.1) is 24.3 Å². The van der Waals surface area contributed by atoms with Gasteiger partial charge in [0.1, 0.15) is 11.6 Å². The molecule has 1 atom stereocenters. The van der Waals surface area contributed by atoms with Gasteiger partial charge in [0, 0.05) is 5.70 Å². The number of benzene rings is 2. The minimum absolute atomic E-state index is 0.213. The van der Waals surface area contributed by atoms with E-state index in [-0.39, 0.29) is 11.3 Å². The molecule has 2 aromatic rings. The van der Waals surface area contributed by atoms with Gasteiger partial charge in [0.2, 0.25) is 0 Å². The molecule has 8 heteroatoms. The van der Waals surface area contributed by atoms with Crippen molar-refractivity contribution in [2.75, 3.05) is 7.11 Å². The van der Waals surface area contributed by atoms with Crippen molar-refractivity contribution in [2.45, 2.75) is 19.4 Å². The van der Waals surface area contributed by atoms with E-state index in [4.69, 9.17) is 9.47 Å². The Hall–Kier alpha value is -3.68. The Morgan fingerprint density at radius 2 is 1.69 bits per heavy atom. The summed E-state index contributed by atoms with van der Waals surface area (Å²) in [6, 6.07) is 10.2. The number of nitrogens with one attached hydrogen (secondary N) is 2. The number of hydrogen-bond acceptors (Lipinski definition) is 5. The van der Waals surface area contributed by atoms with E-state index in [1.165, 1.54) is 31.4 Å². The maximum absolute atomic E-state index is 13.0. The SMILES string of the molecule is CCC1=C(C(=O)OC)C(c2ccc(OC(=O)c3ccc(F)cc3)cc2)NC(=O)N1. The van der Waals surface area contributed by atoms with E-state index < -0.39 is 29.8 Å². The van der Waals surface area contributed by atoms with Crippen LogP contribution in [0, 0.1) is 5.82 Å². The Bertz CT molecular complexity index is 968. The summed E-state index contributed by atoms with van der Waals surface area (Å²) in [6.45, 7) is 1.82. The molecule has 0 saturated heterocycles. The maximum atomic E-state index is 13.0. The first-order chi connectivity index (χ1) is 13.9. The molecule has 2 amide bonds. The van der Waals surface area contributed by atoms with Crippen LogP contribution >= 0.6 is 0 Å². The highest BCUT2D eigenvalue weighted by atomic mass is 19.1. The van der Waals surface area contributed by atoms with E-state index in [0.29, 0.717) is 23.3 Å². The van der Waals surface area contributed by atoms with Crippen molar-refractivity contribution >= 4 is 18.0 Å². The normalized spacial score (nSPS) is 16.0. The number of allylic oxidation sites excluding steroid dienone is 1. The van der Waals surface area contributed by atoms with E-state index in [9.17, 15) is 18.8 Å². The minimum Gasteiger partial charge on any atom is -0.466 e. The number of urea groups is 1. The molecule has 7 nitrogen and oxygen atoms in total. The Kier molecular flexibility index (Phi) is 5.92. The Balaban J connectivity index is 1.82. The molecule has 0 aliphatic carbocycles. The lowest BCUT2D eigenvalue weighted by atomic mass is 9.94. The molecule has 0 spiro atoms. The molecule has 29 heavy (non-hydrogen) atoms. The van der Waals surface area contributed by atoms with Crippen molar-refractivity contribution in [1.82, 2.24) is 10.6 Å². The van der Waals surface area contributed by atoms with Gasteiger partial charge < -0.3 is 20.1 Å². The van der Waals surface area contributed by atoms with Gasteiger partial charge in [-0.3, -0.25) is 0 Å². The summed E-state index contributed by atoms with van der Waals surface area (Å²) in [5.41, 5.74) is 1.63. The molecule has 0 aromatic heterocycles. The van der Waals surface area contributed by atoms with E-state index >= 15 is 0 Å². The molecular formula is C21H19FN2O5. The van der Waals surface area contributed by atoms with Crippen molar-refractivity contribution in [1.29, 1.82) is 0 Å². The van der Waals surface area contributed by atoms with Crippen LogP contribution in [0.25, 0.3) is 0 Å². The third-order valence-corrected chi connectivity index (χ3v) is 4.42. The van der Waals surface area contributed by atoms with Crippen molar-refractivity contribution in [2.24, 2.45) is 0 Å². The van der Waals surface area contributed by atoms with Crippen LogP contribution in [-0.2, 0) is 9.53 Å². The summed E-state index contributed by atoms with van der Waals surface area (Å²) < 4.78 is 23.1. The number of amides is 2. The standard InChI is InChI=1S/C21H19FN2O5/c1-3-16-17(20(26)28-2)18(24-21(27)23-16)12-6-10-15(11-7-12)29-19(25)13-4-8-14(22)9-5-13/h4-11,18H,3H2,1-2H3,(H2,23,24,27). The number of ether oxygens (including phenoxy) is 2. The molecule has 150 valence electrons. The Labute approximate surface area is 166 Å². The molecular weight excluding hydrogens is 379 g/mol. The van der Waals surface area contributed by atoms with Crippen molar-refractivity contribution in [3.63, 3.8) is 0 Å². The Morgan fingerprint density at radius 1 is 1.03 bits per heavy atom. The number of methoxy groups -OCH3 is 1. The van der Waals surface area contributed by atoms with Crippen LogP contribution in [0.2, 0.25) is 0 Å². The monoisotopic (exact) mass is 398 g/mol. The van der Waals surface area contributed by atoms with Crippen LogP contribution in [0.15, 0.2) is 59.8 Å². The minimum atomic E-state index is -0.701. The molecule has 0 saturated carbocycles. The molecule has 1 aliphatic heterocycles. The van der Waals surface area contributed by atoms with Gasteiger partial charge in [0.25, 0.3) is 0 Å². The molecule has 0 bridgehead atoms. The van der Waals surface area contributed by atoms with E-state index in [1.807, 2.05) is 6.92 Å². The first kappa shape index (κ1) is 20.1. The van der Waals surface area contributed by atoms with Crippen LogP contribution in [0.1, 0.15) is 35.3 Å². The van der Waals surface area contributed by atoms with Crippen LogP contribution in [0.3, 0.4) is 0 Å². The number of halogens is 1. The summed E-state index contributed by atoms with van der Waals surface area (Å²) >= 11 is 0. The molecule has 3 rings (SSSR count). The van der Waals surface area contributed by atoms with Gasteiger partial charge in [-0.1, -0.05) is 19.1 Å². The predicted octanol–water partition coefficient (Wildman–Crippen LogP) is 3.24. The highest BCUT2D eigenvalue weighted by Crippen LogP contribution is 2.30. The fraction of sp³-hybridized carbons (Fsp3) is 0.190. The van der Waals surface area contributed by atoms with Gasteiger partial charge >= 0.3 is 18.0 Å². The fourth-order valence-electron chi connectivity index (χ4n) is 2.98. The second-order valence-electron chi connectivity index (χ2n) is 6.23. The van der Waals surface area contributed by atoms with Crippen molar-refractivity contribution < 1.29 is 28.2 Å². The lowest BCUT2D eigenvalue weighted by Gasteiger charge is -2.28. The maximum Gasteiger partial charge on any atom is 0.343 e. The van der Waals surface area contributed by atoms with Crippen LogP contribution in [0.4, 0.5) is 9.18 Å². The third-order valence-electron chi connectivity index (χ3n) is 4.42. The average Bonchev–Trinajstić information content (AvgIpc) is 2.73. The smallest absolute Gasteiger partial charge is 0.343 e. The van der Waals surface area contributed by atoms with Gasteiger partial charge in [-0.2, -0.15) is 0 Å². The quantitative estimate of drug-likeness (QED) is 0.596. The van der Waals surface area contributed by atoms with Crippen LogP contribution in [0.5, 0.6) is 5.75 Å². The molecule has 1 heterocycles. The van der Waals surface area contributed by atoms with Gasteiger partial charge in [-0.05, 0) is 48.4 Å². The third kappa shape index (κ3) is 4.43. The summed E-state index contributed by atoms with van der Waals surface area (Å²) in [5, 5.41) is 5.33. The van der Waals surface area contributed by atoms with Crippen molar-refractivity contribution in [3.05, 3.63) is 76.7 Å². The fourth-order valence-corrected chi connectivity index (χ4v) is 2.98.